The molecular formula is C21H25NO2. The van der Waals surface area contributed by atoms with E-state index < -0.39 is 5.60 Å². The largest absolute Gasteiger partial charge is 0.456 e. The number of benzene rings is 2. The van der Waals surface area contributed by atoms with Gasteiger partial charge in [-0.1, -0.05) is 48.5 Å². The molecule has 0 unspecified atom stereocenters. The van der Waals surface area contributed by atoms with E-state index in [1.54, 1.807) is 0 Å². The van der Waals surface area contributed by atoms with Crippen LogP contribution in [-0.4, -0.2) is 24.7 Å². The lowest BCUT2D eigenvalue weighted by Gasteiger charge is -2.36. The number of carbonyl (C=O) groups excluding carboxylic acids is 1. The molecule has 2 aromatic rings. The molecule has 0 aromatic heterocycles. The Bertz CT molecular complexity index is 688. The average Bonchev–Trinajstić information content (AvgIpc) is 2.63. The van der Waals surface area contributed by atoms with Crippen LogP contribution in [0.1, 0.15) is 37.0 Å². The van der Waals surface area contributed by atoms with Crippen molar-refractivity contribution in [3.8, 4) is 11.1 Å². The first-order chi connectivity index (χ1) is 11.6. The maximum atomic E-state index is 12.9. The lowest BCUT2D eigenvalue weighted by molar-refractivity contribution is -0.0367. The minimum absolute atomic E-state index is 0.238. The quantitative estimate of drug-likeness (QED) is 0.853. The van der Waals surface area contributed by atoms with E-state index in [1.807, 2.05) is 68.4 Å². The Hall–Kier alpha value is -2.13. The van der Waals surface area contributed by atoms with Gasteiger partial charge in [-0.05, 0) is 57.0 Å². The van der Waals surface area contributed by atoms with Crippen LogP contribution < -0.4 is 5.32 Å². The summed E-state index contributed by atoms with van der Waals surface area (Å²) in [6, 6.07) is 17.6. The van der Waals surface area contributed by atoms with E-state index in [4.69, 9.17) is 4.74 Å². The van der Waals surface area contributed by atoms with Crippen molar-refractivity contribution in [3.05, 3.63) is 60.2 Å². The molecule has 1 N–H and O–H groups in total. The third kappa shape index (κ3) is 3.68. The second kappa shape index (κ2) is 7.18. The molecule has 0 radical (unpaired) electrons. The third-order valence-corrected chi connectivity index (χ3v) is 4.91. The Balaban J connectivity index is 1.83. The van der Waals surface area contributed by atoms with Crippen LogP contribution in [0.3, 0.4) is 0 Å². The highest BCUT2D eigenvalue weighted by molar-refractivity contribution is 5.97. The van der Waals surface area contributed by atoms with Gasteiger partial charge in [0.15, 0.2) is 0 Å². The molecule has 0 bridgehead atoms. The van der Waals surface area contributed by atoms with Crippen LogP contribution in [0.25, 0.3) is 11.1 Å². The molecule has 0 atom stereocenters. The fraction of sp³-hybridized carbons (Fsp3) is 0.381. The Labute approximate surface area is 144 Å². The highest BCUT2D eigenvalue weighted by Gasteiger charge is 2.34. The Kier molecular flexibility index (Phi) is 5.00. The number of hydrogen-bond donors (Lipinski definition) is 1. The maximum Gasteiger partial charge on any atom is 0.339 e. The number of esters is 1. The summed E-state index contributed by atoms with van der Waals surface area (Å²) in [6.45, 7) is 6.05. The molecule has 1 aliphatic rings. The second-order valence-electron chi connectivity index (χ2n) is 6.93. The number of nitrogens with one attached hydrogen (secondary N) is 1. The summed E-state index contributed by atoms with van der Waals surface area (Å²) in [5.41, 5.74) is 2.13. The van der Waals surface area contributed by atoms with Crippen LogP contribution in [0.4, 0.5) is 0 Å². The molecule has 24 heavy (non-hydrogen) atoms. The van der Waals surface area contributed by atoms with Crippen LogP contribution >= 0.6 is 0 Å². The van der Waals surface area contributed by atoms with Crippen LogP contribution in [-0.2, 0) is 4.74 Å². The van der Waals surface area contributed by atoms with Crippen molar-refractivity contribution >= 4 is 5.97 Å². The molecule has 1 aliphatic heterocycles. The zero-order valence-corrected chi connectivity index (χ0v) is 14.4. The van der Waals surface area contributed by atoms with Crippen LogP contribution in [0.15, 0.2) is 54.6 Å². The first-order valence-electron chi connectivity index (χ1n) is 8.66. The number of ether oxygens (including phenoxy) is 1. The molecule has 3 heteroatoms. The monoisotopic (exact) mass is 323 g/mol. The molecule has 0 saturated carbocycles. The van der Waals surface area contributed by atoms with Crippen molar-refractivity contribution in [2.45, 2.75) is 32.3 Å². The standard InChI is InChI=1S/C21H25NO2/c1-21(2,17-12-14-22-15-13-17)24-20(23)19-11-7-6-10-18(19)16-8-4-3-5-9-16/h3-11,17,22H,12-15H2,1-2H3. The molecule has 3 nitrogen and oxygen atoms in total. The van der Waals surface area contributed by atoms with E-state index in [2.05, 4.69) is 5.32 Å². The molecule has 0 aliphatic carbocycles. The van der Waals surface area contributed by atoms with Gasteiger partial charge in [0.05, 0.1) is 5.56 Å². The van der Waals surface area contributed by atoms with Crippen LogP contribution in [0.2, 0.25) is 0 Å². The Morgan fingerprint density at radius 2 is 1.62 bits per heavy atom. The fourth-order valence-corrected chi connectivity index (χ4v) is 3.42. The van der Waals surface area contributed by atoms with Gasteiger partial charge in [-0.2, -0.15) is 0 Å². The van der Waals surface area contributed by atoms with Gasteiger partial charge in [0.1, 0.15) is 5.60 Å². The van der Waals surface area contributed by atoms with Crippen molar-refractivity contribution in [1.29, 1.82) is 0 Å². The van der Waals surface area contributed by atoms with Gasteiger partial charge < -0.3 is 10.1 Å². The van der Waals surface area contributed by atoms with Gasteiger partial charge in [0.2, 0.25) is 0 Å². The first kappa shape index (κ1) is 16.7. The summed E-state index contributed by atoms with van der Waals surface area (Å²) in [6.07, 6.45) is 2.08. The summed E-state index contributed by atoms with van der Waals surface area (Å²) in [5, 5.41) is 3.36. The van der Waals surface area contributed by atoms with E-state index in [1.165, 1.54) is 0 Å². The average molecular weight is 323 g/mol. The summed E-state index contributed by atoms with van der Waals surface area (Å²) in [5.74, 6) is 0.157. The number of hydrogen-bond acceptors (Lipinski definition) is 3. The van der Waals surface area contributed by atoms with Gasteiger partial charge >= 0.3 is 5.97 Å². The van der Waals surface area contributed by atoms with Gasteiger partial charge in [0, 0.05) is 5.92 Å². The van der Waals surface area contributed by atoms with Crippen LogP contribution in [0.5, 0.6) is 0 Å². The molecule has 0 spiro atoms. The van der Waals surface area contributed by atoms with Crippen molar-refractivity contribution in [2.75, 3.05) is 13.1 Å². The van der Waals surface area contributed by atoms with E-state index in [0.717, 1.165) is 37.1 Å². The molecule has 2 aromatic carbocycles. The predicted octanol–water partition coefficient (Wildman–Crippen LogP) is 4.29. The van der Waals surface area contributed by atoms with E-state index >= 15 is 0 Å². The lowest BCUT2D eigenvalue weighted by atomic mass is 9.83. The minimum Gasteiger partial charge on any atom is -0.456 e. The highest BCUT2D eigenvalue weighted by atomic mass is 16.6. The zero-order valence-electron chi connectivity index (χ0n) is 14.4. The van der Waals surface area contributed by atoms with Crippen molar-refractivity contribution < 1.29 is 9.53 Å². The van der Waals surface area contributed by atoms with E-state index in [9.17, 15) is 4.79 Å². The topological polar surface area (TPSA) is 38.3 Å². The van der Waals surface area contributed by atoms with Gasteiger partial charge in [0.25, 0.3) is 0 Å². The van der Waals surface area contributed by atoms with Crippen LogP contribution in [0, 0.1) is 5.92 Å². The Morgan fingerprint density at radius 3 is 2.33 bits per heavy atom. The lowest BCUT2D eigenvalue weighted by Crippen LogP contribution is -2.42. The molecule has 1 saturated heterocycles. The summed E-state index contributed by atoms with van der Waals surface area (Å²) >= 11 is 0. The normalized spacial score (nSPS) is 15.9. The minimum atomic E-state index is -0.455. The third-order valence-electron chi connectivity index (χ3n) is 4.91. The molecule has 1 heterocycles. The van der Waals surface area contributed by atoms with Gasteiger partial charge in [-0.15, -0.1) is 0 Å². The van der Waals surface area contributed by atoms with Crippen molar-refractivity contribution in [1.82, 2.24) is 5.32 Å². The molecule has 126 valence electrons. The molecular weight excluding hydrogens is 298 g/mol. The van der Waals surface area contributed by atoms with E-state index in [-0.39, 0.29) is 5.97 Å². The summed E-state index contributed by atoms with van der Waals surface area (Å²) in [4.78, 5) is 12.9. The summed E-state index contributed by atoms with van der Waals surface area (Å²) in [7, 11) is 0. The smallest absolute Gasteiger partial charge is 0.339 e. The summed E-state index contributed by atoms with van der Waals surface area (Å²) < 4.78 is 5.96. The van der Waals surface area contributed by atoms with Gasteiger partial charge in [-0.25, -0.2) is 4.79 Å². The fourth-order valence-electron chi connectivity index (χ4n) is 3.42. The molecule has 1 fully saturated rings. The van der Waals surface area contributed by atoms with E-state index in [0.29, 0.717) is 11.5 Å². The zero-order chi connectivity index (χ0) is 17.0. The number of rotatable bonds is 4. The SMILES string of the molecule is CC(C)(OC(=O)c1ccccc1-c1ccccc1)C1CCNCC1. The number of piperidine rings is 1. The molecule has 0 amide bonds. The van der Waals surface area contributed by atoms with Crippen molar-refractivity contribution in [2.24, 2.45) is 5.92 Å². The predicted molar refractivity (Wildman–Crippen MR) is 97.0 cm³/mol. The number of carbonyl (C=O) groups is 1. The Morgan fingerprint density at radius 1 is 1.00 bits per heavy atom. The second-order valence-corrected chi connectivity index (χ2v) is 6.93. The first-order valence-corrected chi connectivity index (χ1v) is 8.66. The van der Waals surface area contributed by atoms with Crippen molar-refractivity contribution in [3.63, 3.8) is 0 Å². The maximum absolute atomic E-state index is 12.9. The molecule has 3 rings (SSSR count). The highest BCUT2D eigenvalue weighted by Crippen LogP contribution is 2.31. The van der Waals surface area contributed by atoms with Gasteiger partial charge in [-0.3, -0.25) is 0 Å².